The summed E-state index contributed by atoms with van der Waals surface area (Å²) in [5.41, 5.74) is 0.957. The highest BCUT2D eigenvalue weighted by Gasteiger charge is 2.24. The third kappa shape index (κ3) is 5.89. The van der Waals surface area contributed by atoms with Gasteiger partial charge in [0.2, 0.25) is 0 Å². The Bertz CT molecular complexity index is 568. The SMILES string of the molecule is Cc1ccc(F)c(OCC2CN(CC(O)CN3CCOCC3)CCO2)c1. The van der Waals surface area contributed by atoms with Crippen LogP contribution in [-0.4, -0.2) is 92.8 Å². The van der Waals surface area contributed by atoms with Crippen LogP contribution in [0.15, 0.2) is 18.2 Å². The van der Waals surface area contributed by atoms with Crippen molar-refractivity contribution in [3.63, 3.8) is 0 Å². The van der Waals surface area contributed by atoms with Gasteiger partial charge in [-0.05, 0) is 24.6 Å². The van der Waals surface area contributed by atoms with E-state index in [-0.39, 0.29) is 17.7 Å². The van der Waals surface area contributed by atoms with Crippen LogP contribution >= 0.6 is 0 Å². The van der Waals surface area contributed by atoms with Crippen molar-refractivity contribution in [2.45, 2.75) is 19.1 Å². The first-order chi connectivity index (χ1) is 12.6. The number of halogens is 1. The van der Waals surface area contributed by atoms with Crippen molar-refractivity contribution >= 4 is 0 Å². The molecule has 0 aliphatic carbocycles. The van der Waals surface area contributed by atoms with Crippen molar-refractivity contribution in [1.29, 1.82) is 0 Å². The van der Waals surface area contributed by atoms with Crippen LogP contribution in [0.3, 0.4) is 0 Å². The highest BCUT2D eigenvalue weighted by Crippen LogP contribution is 2.19. The molecule has 0 amide bonds. The fourth-order valence-corrected chi connectivity index (χ4v) is 3.39. The number of nitrogens with zero attached hydrogens (tertiary/aromatic N) is 2. The molecule has 0 spiro atoms. The predicted molar refractivity (Wildman–Crippen MR) is 96.1 cm³/mol. The molecule has 2 fully saturated rings. The molecule has 1 aromatic rings. The Morgan fingerprint density at radius 1 is 1.19 bits per heavy atom. The zero-order chi connectivity index (χ0) is 18.4. The van der Waals surface area contributed by atoms with Crippen molar-refractivity contribution in [3.8, 4) is 5.75 Å². The lowest BCUT2D eigenvalue weighted by molar-refractivity contribution is -0.0619. The predicted octanol–water partition coefficient (Wildman–Crippen LogP) is 0.907. The Kier molecular flexibility index (Phi) is 7.22. The van der Waals surface area contributed by atoms with E-state index in [1.807, 2.05) is 6.92 Å². The Morgan fingerprint density at radius 2 is 1.92 bits per heavy atom. The van der Waals surface area contributed by atoms with Gasteiger partial charge in [-0.3, -0.25) is 9.80 Å². The minimum atomic E-state index is -0.401. The normalized spacial score (nSPS) is 23.7. The van der Waals surface area contributed by atoms with Gasteiger partial charge in [0.15, 0.2) is 11.6 Å². The Morgan fingerprint density at radius 3 is 2.73 bits per heavy atom. The molecule has 2 unspecified atom stereocenters. The lowest BCUT2D eigenvalue weighted by atomic mass is 10.2. The number of hydrogen-bond acceptors (Lipinski definition) is 6. The first-order valence-electron chi connectivity index (χ1n) is 9.31. The number of ether oxygens (including phenoxy) is 3. The second kappa shape index (κ2) is 9.62. The largest absolute Gasteiger partial charge is 0.488 e. The molecule has 1 N–H and O–H groups in total. The molecule has 0 bridgehead atoms. The van der Waals surface area contributed by atoms with Crippen LogP contribution in [0.2, 0.25) is 0 Å². The molecule has 146 valence electrons. The van der Waals surface area contributed by atoms with Crippen molar-refractivity contribution < 1.29 is 23.7 Å². The number of aliphatic hydroxyl groups is 1. The molecular formula is C19H29FN2O4. The third-order valence-electron chi connectivity index (χ3n) is 4.78. The van der Waals surface area contributed by atoms with Crippen LogP contribution in [0.4, 0.5) is 4.39 Å². The summed E-state index contributed by atoms with van der Waals surface area (Å²) >= 11 is 0. The fraction of sp³-hybridized carbons (Fsp3) is 0.684. The molecule has 2 saturated heterocycles. The standard InChI is InChI=1S/C19H29FN2O4/c1-15-2-3-18(20)19(10-15)26-14-17-13-22(6-9-25-17)12-16(23)11-21-4-7-24-8-5-21/h2-3,10,16-17,23H,4-9,11-14H2,1H3. The second-order valence-electron chi connectivity index (χ2n) is 7.06. The van der Waals surface area contributed by atoms with E-state index in [1.165, 1.54) is 6.07 Å². The molecule has 6 nitrogen and oxygen atoms in total. The first kappa shape index (κ1) is 19.5. The van der Waals surface area contributed by atoms with Crippen molar-refractivity contribution in [3.05, 3.63) is 29.6 Å². The number of aryl methyl sites for hydroxylation is 1. The Labute approximate surface area is 154 Å². The molecule has 1 aromatic carbocycles. The van der Waals surface area contributed by atoms with Crippen LogP contribution in [0.25, 0.3) is 0 Å². The minimum Gasteiger partial charge on any atom is -0.488 e. The summed E-state index contributed by atoms with van der Waals surface area (Å²) in [4.78, 5) is 4.42. The number of hydrogen-bond donors (Lipinski definition) is 1. The van der Waals surface area contributed by atoms with Crippen molar-refractivity contribution in [2.24, 2.45) is 0 Å². The lowest BCUT2D eigenvalue weighted by Gasteiger charge is -2.35. The maximum absolute atomic E-state index is 13.8. The van der Waals surface area contributed by atoms with E-state index in [0.29, 0.717) is 32.8 Å². The number of β-amino-alcohol motifs (C(OH)–C–C–N with tert-alkyl or cyclic N) is 1. The zero-order valence-electron chi connectivity index (χ0n) is 15.4. The molecule has 26 heavy (non-hydrogen) atoms. The Hall–Kier alpha value is -1.25. The summed E-state index contributed by atoms with van der Waals surface area (Å²) in [6.07, 6.45) is -0.527. The van der Waals surface area contributed by atoms with Crippen molar-refractivity contribution in [1.82, 2.24) is 9.80 Å². The van der Waals surface area contributed by atoms with Gasteiger partial charge in [0.05, 0.1) is 25.9 Å². The lowest BCUT2D eigenvalue weighted by Crippen LogP contribution is -2.50. The quantitative estimate of drug-likeness (QED) is 0.772. The molecule has 0 aromatic heterocycles. The van der Waals surface area contributed by atoms with Crippen molar-refractivity contribution in [2.75, 3.05) is 65.7 Å². The highest BCUT2D eigenvalue weighted by molar-refractivity contribution is 5.29. The van der Waals surface area contributed by atoms with Crippen LogP contribution < -0.4 is 4.74 Å². The molecule has 2 aliphatic heterocycles. The molecule has 0 saturated carbocycles. The van der Waals surface area contributed by atoms with E-state index in [0.717, 1.165) is 38.4 Å². The summed E-state index contributed by atoms with van der Waals surface area (Å²) in [6.45, 7) is 8.75. The smallest absolute Gasteiger partial charge is 0.165 e. The number of aliphatic hydroxyl groups excluding tert-OH is 1. The molecule has 2 aliphatic rings. The summed E-state index contributed by atoms with van der Waals surface area (Å²) in [5.74, 6) is -0.0951. The van der Waals surface area contributed by atoms with Gasteiger partial charge >= 0.3 is 0 Å². The first-order valence-corrected chi connectivity index (χ1v) is 9.31. The summed E-state index contributed by atoms with van der Waals surface area (Å²) in [5, 5.41) is 10.4. The maximum Gasteiger partial charge on any atom is 0.165 e. The van der Waals surface area contributed by atoms with Crippen LogP contribution in [0, 0.1) is 12.7 Å². The van der Waals surface area contributed by atoms with Gasteiger partial charge in [0.25, 0.3) is 0 Å². The van der Waals surface area contributed by atoms with Gasteiger partial charge in [-0.15, -0.1) is 0 Å². The van der Waals surface area contributed by atoms with Crippen LogP contribution in [-0.2, 0) is 9.47 Å². The molecule has 7 heteroatoms. The molecule has 2 heterocycles. The van der Waals surface area contributed by atoms with E-state index in [4.69, 9.17) is 14.2 Å². The minimum absolute atomic E-state index is 0.126. The van der Waals surface area contributed by atoms with E-state index < -0.39 is 6.10 Å². The maximum atomic E-state index is 13.8. The third-order valence-corrected chi connectivity index (χ3v) is 4.78. The van der Waals surface area contributed by atoms with Crippen LogP contribution in [0.5, 0.6) is 5.75 Å². The average molecular weight is 368 g/mol. The van der Waals surface area contributed by atoms with Crippen LogP contribution in [0.1, 0.15) is 5.56 Å². The number of benzene rings is 1. The van der Waals surface area contributed by atoms with Gasteiger partial charge in [-0.25, -0.2) is 4.39 Å². The zero-order valence-corrected chi connectivity index (χ0v) is 15.4. The van der Waals surface area contributed by atoms with Gasteiger partial charge in [0.1, 0.15) is 12.7 Å². The molecule has 2 atom stereocenters. The second-order valence-corrected chi connectivity index (χ2v) is 7.06. The van der Waals surface area contributed by atoms with E-state index in [1.54, 1.807) is 12.1 Å². The van der Waals surface area contributed by atoms with E-state index in [9.17, 15) is 9.50 Å². The molecule has 0 radical (unpaired) electrons. The van der Waals surface area contributed by atoms with Gasteiger partial charge < -0.3 is 19.3 Å². The highest BCUT2D eigenvalue weighted by atomic mass is 19.1. The summed E-state index contributed by atoms with van der Waals surface area (Å²) in [7, 11) is 0. The molecule has 3 rings (SSSR count). The van der Waals surface area contributed by atoms with E-state index in [2.05, 4.69) is 9.80 Å². The number of rotatable bonds is 7. The number of morpholine rings is 2. The monoisotopic (exact) mass is 368 g/mol. The van der Waals surface area contributed by atoms with Gasteiger partial charge in [0, 0.05) is 39.3 Å². The topological polar surface area (TPSA) is 54.4 Å². The average Bonchev–Trinajstić information content (AvgIpc) is 2.63. The summed E-state index contributed by atoms with van der Waals surface area (Å²) < 4.78 is 30.5. The molecular weight excluding hydrogens is 339 g/mol. The van der Waals surface area contributed by atoms with Gasteiger partial charge in [-0.2, -0.15) is 0 Å². The fourth-order valence-electron chi connectivity index (χ4n) is 3.39. The summed E-state index contributed by atoms with van der Waals surface area (Å²) in [6, 6.07) is 4.83. The Balaban J connectivity index is 1.42. The van der Waals surface area contributed by atoms with Gasteiger partial charge in [-0.1, -0.05) is 6.07 Å². The van der Waals surface area contributed by atoms with E-state index >= 15 is 0 Å².